The van der Waals surface area contributed by atoms with Crippen molar-refractivity contribution in [2.24, 2.45) is 0 Å². The minimum absolute atomic E-state index is 0.0805. The van der Waals surface area contributed by atoms with Gasteiger partial charge in [-0.15, -0.1) is 0 Å². The molecule has 0 aliphatic carbocycles. The topological polar surface area (TPSA) is 66.5 Å². The van der Waals surface area contributed by atoms with Crippen molar-refractivity contribution < 1.29 is 14.4 Å². The first kappa shape index (κ1) is 15.0. The molecule has 3 rings (SSSR count). The van der Waals surface area contributed by atoms with Gasteiger partial charge in [0.2, 0.25) is 0 Å². The molecule has 0 saturated heterocycles. The van der Waals surface area contributed by atoms with Crippen LogP contribution in [0.15, 0.2) is 48.5 Å². The normalized spacial score (nSPS) is 13.2. The molecule has 0 aromatic heterocycles. The molecule has 116 valence electrons. The van der Waals surface area contributed by atoms with Gasteiger partial charge < -0.3 is 5.32 Å². The Morgan fingerprint density at radius 2 is 1.52 bits per heavy atom. The molecule has 1 aliphatic rings. The number of ketones is 1. The number of anilines is 1. The van der Waals surface area contributed by atoms with E-state index in [1.807, 2.05) is 6.92 Å². The van der Waals surface area contributed by atoms with Gasteiger partial charge >= 0.3 is 0 Å². The lowest BCUT2D eigenvalue weighted by molar-refractivity contribution is 0.0665. The first-order chi connectivity index (χ1) is 11.1. The number of carbonyl (C=O) groups excluding carboxylic acids is 3. The molecule has 2 aromatic carbocycles. The lowest BCUT2D eigenvalue weighted by Crippen LogP contribution is -2.34. The van der Waals surface area contributed by atoms with Crippen molar-refractivity contribution in [3.05, 3.63) is 65.2 Å². The van der Waals surface area contributed by atoms with Crippen LogP contribution in [-0.4, -0.2) is 29.2 Å². The van der Waals surface area contributed by atoms with Crippen molar-refractivity contribution in [3.63, 3.8) is 0 Å². The fourth-order valence-corrected chi connectivity index (χ4v) is 2.53. The van der Waals surface area contributed by atoms with E-state index < -0.39 is 0 Å². The molecule has 1 aliphatic heterocycles. The molecule has 5 heteroatoms. The molecule has 0 fully saturated rings. The van der Waals surface area contributed by atoms with Crippen LogP contribution in [0.1, 0.15) is 44.4 Å². The van der Waals surface area contributed by atoms with Crippen molar-refractivity contribution in [2.75, 3.05) is 12.0 Å². The number of fused-ring (bicyclic) bond motifs is 1. The number of nitrogens with one attached hydrogen (secondary N) is 1. The number of benzene rings is 2. The lowest BCUT2D eigenvalue weighted by atomic mass is 10.1. The van der Waals surface area contributed by atoms with Crippen LogP contribution in [0.5, 0.6) is 0 Å². The monoisotopic (exact) mass is 308 g/mol. The molecule has 0 radical (unpaired) electrons. The van der Waals surface area contributed by atoms with Crippen LogP contribution in [0.3, 0.4) is 0 Å². The number of nitrogens with zero attached hydrogens (tertiary/aromatic N) is 1. The molecule has 5 nitrogen and oxygen atoms in total. The molecule has 0 spiro atoms. The zero-order valence-electron chi connectivity index (χ0n) is 12.7. The zero-order valence-corrected chi connectivity index (χ0v) is 12.7. The number of carbonyl (C=O) groups is 3. The minimum atomic E-state index is -0.295. The third-order valence-electron chi connectivity index (χ3n) is 3.85. The summed E-state index contributed by atoms with van der Waals surface area (Å²) >= 11 is 0. The van der Waals surface area contributed by atoms with Crippen LogP contribution in [0.2, 0.25) is 0 Å². The Morgan fingerprint density at radius 1 is 0.957 bits per heavy atom. The van der Waals surface area contributed by atoms with E-state index in [9.17, 15) is 14.4 Å². The Bertz CT molecular complexity index is 746. The molecule has 0 saturated carbocycles. The van der Waals surface area contributed by atoms with Gasteiger partial charge in [0.25, 0.3) is 11.8 Å². The van der Waals surface area contributed by atoms with Crippen LogP contribution in [-0.2, 0) is 0 Å². The summed E-state index contributed by atoms with van der Waals surface area (Å²) in [6.45, 7) is 1.91. The van der Waals surface area contributed by atoms with E-state index in [4.69, 9.17) is 0 Å². The van der Waals surface area contributed by atoms with Gasteiger partial charge in [0.1, 0.15) is 0 Å². The molecule has 2 amide bonds. The van der Waals surface area contributed by atoms with Gasteiger partial charge in [-0.25, -0.2) is 0 Å². The van der Waals surface area contributed by atoms with Gasteiger partial charge in [0, 0.05) is 17.7 Å². The number of hydrogen-bond acceptors (Lipinski definition) is 4. The van der Waals surface area contributed by atoms with E-state index in [0.29, 0.717) is 23.1 Å². The molecular formula is C18H16N2O3. The summed E-state index contributed by atoms with van der Waals surface area (Å²) in [4.78, 5) is 37.2. The van der Waals surface area contributed by atoms with Gasteiger partial charge in [0.05, 0.1) is 17.8 Å². The van der Waals surface area contributed by atoms with Gasteiger partial charge in [-0.2, -0.15) is 0 Å². The quantitative estimate of drug-likeness (QED) is 0.681. The fraction of sp³-hybridized carbons (Fsp3) is 0.167. The predicted molar refractivity (Wildman–Crippen MR) is 86.5 cm³/mol. The Hall–Kier alpha value is -2.95. The average molecular weight is 308 g/mol. The maximum absolute atomic E-state index is 12.2. The number of amides is 2. The van der Waals surface area contributed by atoms with E-state index in [1.54, 1.807) is 48.5 Å². The molecule has 1 heterocycles. The largest absolute Gasteiger partial charge is 0.367 e. The first-order valence-electron chi connectivity index (χ1n) is 7.44. The second-order valence-corrected chi connectivity index (χ2v) is 5.27. The zero-order chi connectivity index (χ0) is 16.4. The standard InChI is InChI=1S/C18H16N2O3/c1-2-16(21)12-7-9-13(10-8-12)19-11-20-17(22)14-5-3-4-6-15(14)18(20)23/h3-10,19H,2,11H2,1H3. The molecule has 1 N–H and O–H groups in total. The fourth-order valence-electron chi connectivity index (χ4n) is 2.53. The van der Waals surface area contributed by atoms with Crippen molar-refractivity contribution in [3.8, 4) is 0 Å². The first-order valence-corrected chi connectivity index (χ1v) is 7.44. The average Bonchev–Trinajstić information content (AvgIpc) is 2.84. The van der Waals surface area contributed by atoms with Crippen molar-refractivity contribution in [1.29, 1.82) is 0 Å². The van der Waals surface area contributed by atoms with Gasteiger partial charge in [-0.05, 0) is 36.4 Å². The van der Waals surface area contributed by atoms with E-state index in [2.05, 4.69) is 5.32 Å². The Labute approximate surface area is 133 Å². The number of hydrogen-bond donors (Lipinski definition) is 1. The van der Waals surface area contributed by atoms with Gasteiger partial charge in [-0.3, -0.25) is 19.3 Å². The van der Waals surface area contributed by atoms with Crippen LogP contribution in [0.25, 0.3) is 0 Å². The Balaban J connectivity index is 1.69. The van der Waals surface area contributed by atoms with Gasteiger partial charge in [-0.1, -0.05) is 19.1 Å². The van der Waals surface area contributed by atoms with E-state index in [0.717, 1.165) is 5.69 Å². The molecule has 0 atom stereocenters. The summed E-state index contributed by atoms with van der Waals surface area (Å²) in [7, 11) is 0. The highest BCUT2D eigenvalue weighted by molar-refractivity contribution is 6.21. The third kappa shape index (κ3) is 2.73. The van der Waals surface area contributed by atoms with Crippen molar-refractivity contribution >= 4 is 23.3 Å². The van der Waals surface area contributed by atoms with Crippen LogP contribution >= 0.6 is 0 Å². The Kier molecular flexibility index (Phi) is 3.93. The highest BCUT2D eigenvalue weighted by Gasteiger charge is 2.34. The summed E-state index contributed by atoms with van der Waals surface area (Å²) in [5.74, 6) is -0.511. The maximum Gasteiger partial charge on any atom is 0.263 e. The van der Waals surface area contributed by atoms with Crippen LogP contribution < -0.4 is 5.32 Å². The molecule has 0 unspecified atom stereocenters. The third-order valence-corrected chi connectivity index (χ3v) is 3.85. The summed E-state index contributed by atoms with van der Waals surface area (Å²) < 4.78 is 0. The lowest BCUT2D eigenvalue weighted by Gasteiger charge is -2.15. The number of rotatable bonds is 5. The summed E-state index contributed by atoms with van der Waals surface area (Å²) in [5, 5.41) is 3.04. The van der Waals surface area contributed by atoms with Crippen LogP contribution in [0, 0.1) is 0 Å². The SMILES string of the molecule is CCC(=O)c1ccc(NCN2C(=O)c3ccccc3C2=O)cc1. The summed E-state index contributed by atoms with van der Waals surface area (Å²) in [6.07, 6.45) is 0.460. The summed E-state index contributed by atoms with van der Waals surface area (Å²) in [6, 6.07) is 13.8. The van der Waals surface area contributed by atoms with E-state index in [1.165, 1.54) is 4.90 Å². The minimum Gasteiger partial charge on any atom is -0.367 e. The van der Waals surface area contributed by atoms with Crippen LogP contribution in [0.4, 0.5) is 5.69 Å². The number of Topliss-reactive ketones (excluding diaryl/α,β-unsaturated/α-hetero) is 1. The van der Waals surface area contributed by atoms with Gasteiger partial charge in [0.15, 0.2) is 5.78 Å². The van der Waals surface area contributed by atoms with E-state index in [-0.39, 0.29) is 24.3 Å². The maximum atomic E-state index is 12.2. The number of imide groups is 1. The van der Waals surface area contributed by atoms with Crippen molar-refractivity contribution in [2.45, 2.75) is 13.3 Å². The van der Waals surface area contributed by atoms with Crippen molar-refractivity contribution in [1.82, 2.24) is 4.90 Å². The highest BCUT2D eigenvalue weighted by Crippen LogP contribution is 2.22. The predicted octanol–water partition coefficient (Wildman–Crippen LogP) is 2.94. The molecule has 23 heavy (non-hydrogen) atoms. The second kappa shape index (κ2) is 6.04. The summed E-state index contributed by atoms with van der Waals surface area (Å²) in [5.41, 5.74) is 2.26. The second-order valence-electron chi connectivity index (χ2n) is 5.27. The molecular weight excluding hydrogens is 292 g/mol. The molecule has 2 aromatic rings. The highest BCUT2D eigenvalue weighted by atomic mass is 16.2. The van der Waals surface area contributed by atoms with E-state index >= 15 is 0 Å². The molecule has 0 bridgehead atoms. The Morgan fingerprint density at radius 3 is 2.04 bits per heavy atom. The smallest absolute Gasteiger partial charge is 0.263 e.